The summed E-state index contributed by atoms with van der Waals surface area (Å²) in [5, 5.41) is 3.65. The van der Waals surface area contributed by atoms with E-state index in [4.69, 9.17) is 37.4 Å². The molecule has 8 heteroatoms. The number of allylic oxidation sites excluding steroid dienone is 2. The molecule has 0 saturated heterocycles. The second-order valence-electron chi connectivity index (χ2n) is 7.35. The highest BCUT2D eigenvalue weighted by atomic mass is 35.5. The molecule has 0 amide bonds. The zero-order valence-electron chi connectivity index (χ0n) is 17.3. The predicted octanol–water partition coefficient (Wildman–Crippen LogP) is 4.37. The zero-order valence-corrected chi connectivity index (χ0v) is 18.8. The lowest BCUT2D eigenvalue weighted by Crippen LogP contribution is -2.37. The largest absolute Gasteiger partial charge is 0.466 e. The van der Waals surface area contributed by atoms with Gasteiger partial charge in [0.2, 0.25) is 0 Å². The summed E-state index contributed by atoms with van der Waals surface area (Å²) < 4.78 is 15.8. The van der Waals surface area contributed by atoms with Gasteiger partial charge in [-0.05, 0) is 39.3 Å². The van der Waals surface area contributed by atoms with Crippen LogP contribution in [0, 0.1) is 0 Å². The second kappa shape index (κ2) is 9.20. The van der Waals surface area contributed by atoms with E-state index < -0.39 is 23.5 Å². The monoisotopic (exact) mass is 441 g/mol. The fraction of sp³-hybridized carbons (Fsp3) is 0.429. The summed E-state index contributed by atoms with van der Waals surface area (Å²) in [6.45, 7) is 7.16. The van der Waals surface area contributed by atoms with Gasteiger partial charge in [0, 0.05) is 18.5 Å². The lowest BCUT2D eigenvalue weighted by molar-refractivity contribution is -0.156. The molecule has 2 rings (SSSR count). The first-order valence-corrected chi connectivity index (χ1v) is 9.72. The van der Waals surface area contributed by atoms with Gasteiger partial charge >= 0.3 is 11.9 Å². The standard InChI is InChI=1S/C21H25Cl2NO5/c1-11-15(19(25)28-6)17(13-8-7-9-14(22)18(13)23)16(12(2)24-11)20(26)29-21(3,4)10-27-5/h7-9,17,24H,10H2,1-6H3. The third-order valence-corrected chi connectivity index (χ3v) is 5.37. The number of carbonyl (C=O) groups is 2. The molecule has 0 spiro atoms. The Hall–Kier alpha value is -2.02. The number of benzene rings is 1. The van der Waals surface area contributed by atoms with Crippen molar-refractivity contribution in [1.82, 2.24) is 5.32 Å². The highest BCUT2D eigenvalue weighted by Gasteiger charge is 2.40. The molecule has 1 heterocycles. The van der Waals surface area contributed by atoms with Crippen molar-refractivity contribution in [2.45, 2.75) is 39.2 Å². The van der Waals surface area contributed by atoms with Gasteiger partial charge in [-0.3, -0.25) is 0 Å². The molecule has 158 valence electrons. The summed E-state index contributed by atoms with van der Waals surface area (Å²) in [7, 11) is 2.81. The third-order valence-electron chi connectivity index (χ3n) is 4.54. The summed E-state index contributed by atoms with van der Waals surface area (Å²) >= 11 is 12.7. The highest BCUT2D eigenvalue weighted by molar-refractivity contribution is 6.42. The molecule has 1 aromatic rings. The van der Waals surface area contributed by atoms with Crippen LogP contribution < -0.4 is 5.32 Å². The van der Waals surface area contributed by atoms with Crippen molar-refractivity contribution in [3.63, 3.8) is 0 Å². The molecule has 1 aliphatic heterocycles. The van der Waals surface area contributed by atoms with Crippen molar-refractivity contribution < 1.29 is 23.8 Å². The van der Waals surface area contributed by atoms with Gasteiger partial charge in [-0.15, -0.1) is 0 Å². The van der Waals surface area contributed by atoms with E-state index >= 15 is 0 Å². The maximum atomic E-state index is 13.2. The second-order valence-corrected chi connectivity index (χ2v) is 8.14. The van der Waals surface area contributed by atoms with Crippen molar-refractivity contribution in [2.75, 3.05) is 20.8 Å². The van der Waals surface area contributed by atoms with Gasteiger partial charge in [-0.1, -0.05) is 35.3 Å². The normalized spacial score (nSPS) is 17.2. The van der Waals surface area contributed by atoms with Gasteiger partial charge in [-0.2, -0.15) is 0 Å². The van der Waals surface area contributed by atoms with Gasteiger partial charge in [-0.25, -0.2) is 9.59 Å². The summed E-state index contributed by atoms with van der Waals surface area (Å²) in [6, 6.07) is 5.07. The number of hydrogen-bond acceptors (Lipinski definition) is 6. The van der Waals surface area contributed by atoms with Crippen LogP contribution in [0.4, 0.5) is 0 Å². The minimum Gasteiger partial charge on any atom is -0.466 e. The summed E-state index contributed by atoms with van der Waals surface area (Å²) in [4.78, 5) is 25.8. The van der Waals surface area contributed by atoms with Crippen LogP contribution >= 0.6 is 23.2 Å². The lowest BCUT2D eigenvalue weighted by Gasteiger charge is -2.33. The molecule has 1 unspecified atom stereocenters. The van der Waals surface area contributed by atoms with Crippen LogP contribution in [0.3, 0.4) is 0 Å². The fourth-order valence-corrected chi connectivity index (χ4v) is 3.80. The number of dihydropyridines is 1. The van der Waals surface area contributed by atoms with E-state index in [1.807, 2.05) is 0 Å². The quantitative estimate of drug-likeness (QED) is 0.660. The Kier molecular flexibility index (Phi) is 7.38. The number of halogens is 2. The molecule has 0 fully saturated rings. The van der Waals surface area contributed by atoms with Gasteiger partial charge in [0.1, 0.15) is 5.60 Å². The van der Waals surface area contributed by atoms with Crippen LogP contribution in [0.15, 0.2) is 40.7 Å². The minimum absolute atomic E-state index is 0.208. The summed E-state index contributed by atoms with van der Waals surface area (Å²) in [5.74, 6) is -1.97. The van der Waals surface area contributed by atoms with Crippen LogP contribution in [0.25, 0.3) is 0 Å². The number of hydrogen-bond donors (Lipinski definition) is 1. The molecule has 0 bridgehead atoms. The van der Waals surface area contributed by atoms with Crippen molar-refractivity contribution in [3.8, 4) is 0 Å². The molecule has 0 saturated carbocycles. The van der Waals surface area contributed by atoms with Crippen LogP contribution in [0.1, 0.15) is 39.2 Å². The SMILES string of the molecule is COCC(C)(C)OC(=O)C1=C(C)NC(C)=C(C(=O)OC)C1c1cccc(Cl)c1Cl. The first-order valence-electron chi connectivity index (χ1n) is 8.97. The molecule has 29 heavy (non-hydrogen) atoms. The van der Waals surface area contributed by atoms with Crippen molar-refractivity contribution in [2.24, 2.45) is 0 Å². The first-order chi connectivity index (χ1) is 13.5. The molecular weight excluding hydrogens is 417 g/mol. The zero-order chi connectivity index (χ0) is 21.9. The number of carbonyl (C=O) groups excluding carboxylic acids is 2. The van der Waals surface area contributed by atoms with Crippen molar-refractivity contribution in [3.05, 3.63) is 56.3 Å². The molecule has 1 atom stereocenters. The Morgan fingerprint density at radius 2 is 1.66 bits per heavy atom. The molecule has 0 radical (unpaired) electrons. The summed E-state index contributed by atoms with van der Waals surface area (Å²) in [5.41, 5.74) is 1.26. The van der Waals surface area contributed by atoms with E-state index in [-0.39, 0.29) is 22.8 Å². The minimum atomic E-state index is -0.872. The van der Waals surface area contributed by atoms with E-state index in [1.165, 1.54) is 14.2 Å². The van der Waals surface area contributed by atoms with Crippen LogP contribution in [0.2, 0.25) is 10.0 Å². The molecule has 6 nitrogen and oxygen atoms in total. The van der Waals surface area contributed by atoms with E-state index in [1.54, 1.807) is 45.9 Å². The van der Waals surface area contributed by atoms with Crippen LogP contribution in [-0.2, 0) is 23.8 Å². The number of rotatable bonds is 6. The highest BCUT2D eigenvalue weighted by Crippen LogP contribution is 2.43. The number of methoxy groups -OCH3 is 2. The predicted molar refractivity (Wildman–Crippen MR) is 112 cm³/mol. The van der Waals surface area contributed by atoms with E-state index in [0.29, 0.717) is 22.0 Å². The smallest absolute Gasteiger partial charge is 0.337 e. The van der Waals surface area contributed by atoms with E-state index in [9.17, 15) is 9.59 Å². The maximum Gasteiger partial charge on any atom is 0.337 e. The van der Waals surface area contributed by atoms with Gasteiger partial charge in [0.25, 0.3) is 0 Å². The Labute approximate surface area is 180 Å². The Balaban J connectivity index is 2.66. The Bertz CT molecular complexity index is 889. The van der Waals surface area contributed by atoms with Crippen molar-refractivity contribution >= 4 is 35.1 Å². The average molecular weight is 442 g/mol. The van der Waals surface area contributed by atoms with E-state index in [0.717, 1.165) is 0 Å². The molecule has 1 N–H and O–H groups in total. The van der Waals surface area contributed by atoms with Gasteiger partial charge < -0.3 is 19.5 Å². The van der Waals surface area contributed by atoms with Crippen LogP contribution in [-0.4, -0.2) is 38.4 Å². The van der Waals surface area contributed by atoms with Gasteiger partial charge in [0.15, 0.2) is 0 Å². The number of esters is 2. The number of nitrogens with one attached hydrogen (secondary N) is 1. The fourth-order valence-electron chi connectivity index (χ4n) is 3.38. The maximum absolute atomic E-state index is 13.2. The number of ether oxygens (including phenoxy) is 3. The molecule has 1 aliphatic rings. The van der Waals surface area contributed by atoms with E-state index in [2.05, 4.69) is 5.32 Å². The summed E-state index contributed by atoms with van der Waals surface area (Å²) in [6.07, 6.45) is 0. The molecule has 0 aliphatic carbocycles. The lowest BCUT2D eigenvalue weighted by atomic mass is 9.80. The topological polar surface area (TPSA) is 73.9 Å². The van der Waals surface area contributed by atoms with Gasteiger partial charge in [0.05, 0.1) is 40.8 Å². The van der Waals surface area contributed by atoms with Crippen LogP contribution in [0.5, 0.6) is 0 Å². The molecule has 0 aromatic heterocycles. The Morgan fingerprint density at radius 3 is 2.21 bits per heavy atom. The first kappa shape index (κ1) is 23.3. The third kappa shape index (κ3) is 4.94. The Morgan fingerprint density at radius 1 is 1.07 bits per heavy atom. The van der Waals surface area contributed by atoms with Crippen molar-refractivity contribution in [1.29, 1.82) is 0 Å². The molecule has 1 aromatic carbocycles. The molecular formula is C21H25Cl2NO5. The average Bonchev–Trinajstić information content (AvgIpc) is 2.62.